The summed E-state index contributed by atoms with van der Waals surface area (Å²) in [5.74, 6) is -0.668. The van der Waals surface area contributed by atoms with Crippen molar-refractivity contribution in [2.24, 2.45) is 0 Å². The highest BCUT2D eigenvalue weighted by Gasteiger charge is 2.28. The monoisotopic (exact) mass is 365 g/mol. The molecule has 2 heterocycles. The van der Waals surface area contributed by atoms with Gasteiger partial charge in [0.2, 0.25) is 0 Å². The number of aromatic nitrogens is 1. The highest BCUT2D eigenvalue weighted by atomic mass is 32.2. The van der Waals surface area contributed by atoms with E-state index in [0.29, 0.717) is 12.2 Å². The summed E-state index contributed by atoms with van der Waals surface area (Å²) in [6, 6.07) is 3.94. The number of anilines is 1. The van der Waals surface area contributed by atoms with Gasteiger partial charge >= 0.3 is 0 Å². The van der Waals surface area contributed by atoms with Crippen LogP contribution in [0.3, 0.4) is 0 Å². The number of sulfonamides is 1. The van der Waals surface area contributed by atoms with E-state index < -0.39 is 22.0 Å². The third-order valence-electron chi connectivity index (χ3n) is 3.53. The maximum Gasteiger partial charge on any atom is 0.286 e. The number of aryl methyl sites for hydroxylation is 1. The second kappa shape index (κ2) is 6.20. The Labute approximate surface area is 143 Å². The Morgan fingerprint density at radius 3 is 2.80 bits per heavy atom. The predicted molar refractivity (Wildman–Crippen MR) is 85.7 cm³/mol. The quantitative estimate of drug-likeness (QED) is 0.833. The second-order valence-electron chi connectivity index (χ2n) is 5.35. The van der Waals surface area contributed by atoms with Crippen molar-refractivity contribution in [2.45, 2.75) is 31.3 Å². The summed E-state index contributed by atoms with van der Waals surface area (Å²) in [6.45, 7) is 3.33. The molecular weight excluding hydrogens is 350 g/mol. The van der Waals surface area contributed by atoms with Gasteiger partial charge in [-0.25, -0.2) is 18.1 Å². The summed E-state index contributed by atoms with van der Waals surface area (Å²) < 4.78 is 37.0. The van der Waals surface area contributed by atoms with Gasteiger partial charge in [-0.3, -0.25) is 9.59 Å². The number of ether oxygens (including phenoxy) is 1. The van der Waals surface area contributed by atoms with Crippen LogP contribution in [0, 0.1) is 6.92 Å². The van der Waals surface area contributed by atoms with Gasteiger partial charge < -0.3 is 14.5 Å². The molecule has 1 atom stereocenters. The first-order valence-electron chi connectivity index (χ1n) is 7.41. The van der Waals surface area contributed by atoms with E-state index >= 15 is 0 Å². The van der Waals surface area contributed by atoms with Crippen LogP contribution in [-0.2, 0) is 14.8 Å². The molecule has 132 valence electrons. The van der Waals surface area contributed by atoms with Gasteiger partial charge in [-0.2, -0.15) is 0 Å². The average Bonchev–Trinajstić information content (AvgIpc) is 3.00. The molecule has 2 amide bonds. The minimum atomic E-state index is -4.16. The van der Waals surface area contributed by atoms with Crippen LogP contribution in [-0.4, -0.2) is 31.3 Å². The molecule has 1 aromatic heterocycles. The zero-order valence-corrected chi connectivity index (χ0v) is 14.2. The van der Waals surface area contributed by atoms with E-state index in [-0.39, 0.29) is 28.1 Å². The largest absolute Gasteiger partial charge is 0.478 e. The normalized spacial score (nSPS) is 16.6. The molecule has 25 heavy (non-hydrogen) atoms. The lowest BCUT2D eigenvalue weighted by Gasteiger charge is -2.25. The summed E-state index contributed by atoms with van der Waals surface area (Å²) in [5.41, 5.74) is 0.0729. The van der Waals surface area contributed by atoms with Crippen LogP contribution < -0.4 is 14.8 Å². The van der Waals surface area contributed by atoms with Crippen molar-refractivity contribution in [3.8, 4) is 5.75 Å². The molecule has 1 aliphatic heterocycles. The molecule has 9 nitrogen and oxygen atoms in total. The van der Waals surface area contributed by atoms with E-state index in [4.69, 9.17) is 9.15 Å². The highest BCUT2D eigenvalue weighted by Crippen LogP contribution is 2.32. The van der Waals surface area contributed by atoms with E-state index in [1.54, 1.807) is 6.92 Å². The molecule has 0 saturated heterocycles. The van der Waals surface area contributed by atoms with Crippen molar-refractivity contribution in [3.63, 3.8) is 0 Å². The summed E-state index contributed by atoms with van der Waals surface area (Å²) in [4.78, 5) is 27.4. The molecular formula is C15H15N3O6S. The van der Waals surface area contributed by atoms with E-state index in [2.05, 4.69) is 10.3 Å². The molecule has 3 rings (SSSR count). The molecule has 0 unspecified atom stereocenters. The summed E-state index contributed by atoms with van der Waals surface area (Å²) in [5, 5.41) is 2.59. The van der Waals surface area contributed by atoms with Crippen LogP contribution in [0.1, 0.15) is 29.7 Å². The minimum Gasteiger partial charge on any atom is -0.478 e. The third-order valence-corrected chi connectivity index (χ3v) is 4.86. The van der Waals surface area contributed by atoms with Gasteiger partial charge in [0.25, 0.3) is 21.8 Å². The van der Waals surface area contributed by atoms with E-state index in [1.165, 1.54) is 25.1 Å². The standard InChI is InChI=1S/C15H15N3O6S/c1-3-12-15(20)17-10-6-9(4-5-13(10)24-12)25(21,22)18-14(19)11-7-23-8(2)16-11/h4-7,12H,3H2,1-2H3,(H,17,20)(H,18,19)/t12-/m1/s1. The molecule has 10 heteroatoms. The topological polar surface area (TPSA) is 128 Å². The molecule has 1 aromatic carbocycles. The summed E-state index contributed by atoms with van der Waals surface area (Å²) >= 11 is 0. The number of oxazole rings is 1. The van der Waals surface area contributed by atoms with Crippen molar-refractivity contribution in [3.05, 3.63) is 36.0 Å². The Morgan fingerprint density at radius 1 is 1.40 bits per heavy atom. The fourth-order valence-electron chi connectivity index (χ4n) is 2.27. The summed E-state index contributed by atoms with van der Waals surface area (Å²) in [6.07, 6.45) is 0.926. The van der Waals surface area contributed by atoms with Crippen LogP contribution in [0.2, 0.25) is 0 Å². The smallest absolute Gasteiger partial charge is 0.286 e. The van der Waals surface area contributed by atoms with E-state index in [9.17, 15) is 18.0 Å². The number of carbonyl (C=O) groups excluding carboxylic acids is 2. The number of nitrogens with one attached hydrogen (secondary N) is 2. The maximum atomic E-state index is 12.4. The number of nitrogens with zero attached hydrogens (tertiary/aromatic N) is 1. The second-order valence-corrected chi connectivity index (χ2v) is 7.03. The van der Waals surface area contributed by atoms with Crippen molar-refractivity contribution in [1.82, 2.24) is 9.71 Å². The molecule has 1 aliphatic rings. The fraction of sp³-hybridized carbons (Fsp3) is 0.267. The van der Waals surface area contributed by atoms with Gasteiger partial charge in [0.15, 0.2) is 17.7 Å². The van der Waals surface area contributed by atoms with Gasteiger partial charge in [-0.1, -0.05) is 6.92 Å². The molecule has 2 aromatic rings. The van der Waals surface area contributed by atoms with Crippen LogP contribution in [0.5, 0.6) is 5.75 Å². The summed E-state index contributed by atoms with van der Waals surface area (Å²) in [7, 11) is -4.16. The molecule has 0 fully saturated rings. The Balaban J connectivity index is 1.85. The first kappa shape index (κ1) is 17.0. The Morgan fingerprint density at radius 2 is 2.16 bits per heavy atom. The van der Waals surface area contributed by atoms with Gasteiger partial charge in [-0.05, 0) is 24.6 Å². The maximum absolute atomic E-state index is 12.4. The molecule has 0 aliphatic carbocycles. The number of rotatable bonds is 4. The van der Waals surface area contributed by atoms with Crippen LogP contribution in [0.4, 0.5) is 5.69 Å². The van der Waals surface area contributed by atoms with E-state index in [1.807, 2.05) is 4.72 Å². The average molecular weight is 365 g/mol. The first-order chi connectivity index (χ1) is 11.8. The van der Waals surface area contributed by atoms with Crippen LogP contribution in [0.15, 0.2) is 33.8 Å². The van der Waals surface area contributed by atoms with Crippen molar-refractivity contribution >= 4 is 27.5 Å². The zero-order valence-electron chi connectivity index (χ0n) is 13.4. The molecule has 0 saturated carbocycles. The number of benzene rings is 1. The number of fused-ring (bicyclic) bond motifs is 1. The minimum absolute atomic E-state index is 0.151. The molecule has 2 N–H and O–H groups in total. The molecule has 0 bridgehead atoms. The Hall–Kier alpha value is -2.88. The number of amides is 2. The first-order valence-corrected chi connectivity index (χ1v) is 8.89. The lowest BCUT2D eigenvalue weighted by molar-refractivity contribution is -0.123. The lowest BCUT2D eigenvalue weighted by Crippen LogP contribution is -2.36. The van der Waals surface area contributed by atoms with Gasteiger partial charge in [-0.15, -0.1) is 0 Å². The van der Waals surface area contributed by atoms with E-state index in [0.717, 1.165) is 6.26 Å². The van der Waals surface area contributed by atoms with Crippen molar-refractivity contribution in [1.29, 1.82) is 0 Å². The number of hydrogen-bond acceptors (Lipinski definition) is 7. The lowest BCUT2D eigenvalue weighted by atomic mass is 10.2. The van der Waals surface area contributed by atoms with Gasteiger partial charge in [0, 0.05) is 6.92 Å². The molecule has 0 spiro atoms. The Kier molecular flexibility index (Phi) is 4.21. The molecule has 0 radical (unpaired) electrons. The van der Waals surface area contributed by atoms with Gasteiger partial charge in [0.05, 0.1) is 10.6 Å². The number of hydrogen-bond donors (Lipinski definition) is 2. The van der Waals surface area contributed by atoms with Gasteiger partial charge in [0.1, 0.15) is 12.0 Å². The Bertz CT molecular complexity index is 950. The number of carbonyl (C=O) groups is 2. The highest BCUT2D eigenvalue weighted by molar-refractivity contribution is 7.90. The van der Waals surface area contributed by atoms with Crippen molar-refractivity contribution < 1.29 is 27.2 Å². The van der Waals surface area contributed by atoms with Crippen LogP contribution >= 0.6 is 0 Å². The SMILES string of the molecule is CC[C@H]1Oc2ccc(S(=O)(=O)NC(=O)c3coc(C)n3)cc2NC1=O. The van der Waals surface area contributed by atoms with Crippen molar-refractivity contribution in [2.75, 3.05) is 5.32 Å². The zero-order chi connectivity index (χ0) is 18.2. The third kappa shape index (κ3) is 3.33. The predicted octanol–water partition coefficient (Wildman–Crippen LogP) is 1.21. The van der Waals surface area contributed by atoms with Crippen LogP contribution in [0.25, 0.3) is 0 Å². The fourth-order valence-corrected chi connectivity index (χ4v) is 3.25.